The molecule has 7 heteroatoms. The number of hydrogen-bond donors (Lipinski definition) is 1. The number of aromatic nitrogens is 2. The van der Waals surface area contributed by atoms with E-state index in [2.05, 4.69) is 23.8 Å². The number of nitrogens with zero attached hydrogens (tertiary/aromatic N) is 3. The van der Waals surface area contributed by atoms with Crippen LogP contribution in [-0.4, -0.2) is 54.6 Å². The van der Waals surface area contributed by atoms with E-state index in [9.17, 15) is 4.79 Å². The smallest absolute Gasteiger partial charge is 0.264 e. The minimum absolute atomic E-state index is 0.0519. The molecule has 0 fully saturated rings. The summed E-state index contributed by atoms with van der Waals surface area (Å²) in [4.78, 5) is 22.0. The Balaban J connectivity index is 2.87. The van der Waals surface area contributed by atoms with Gasteiger partial charge in [-0.15, -0.1) is 0 Å². The lowest BCUT2D eigenvalue weighted by Gasteiger charge is -2.22. The van der Waals surface area contributed by atoms with Crippen molar-refractivity contribution in [2.75, 3.05) is 27.8 Å². The fourth-order valence-corrected chi connectivity index (χ4v) is 1.82. The van der Waals surface area contributed by atoms with Crippen LogP contribution in [0.15, 0.2) is 6.33 Å². The van der Waals surface area contributed by atoms with Crippen molar-refractivity contribution in [2.24, 2.45) is 11.7 Å². The maximum absolute atomic E-state index is 12.5. The number of carbonyl (C=O) groups is 1. The molecule has 0 saturated carbocycles. The zero-order chi connectivity index (χ0) is 16.0. The molecule has 0 spiro atoms. The minimum Gasteiger partial charge on any atom is -0.480 e. The van der Waals surface area contributed by atoms with E-state index in [0.717, 1.165) is 6.42 Å². The number of amides is 1. The van der Waals surface area contributed by atoms with Gasteiger partial charge in [0.2, 0.25) is 11.8 Å². The monoisotopic (exact) mass is 296 g/mol. The first-order chi connectivity index (χ1) is 9.92. The second-order valence-corrected chi connectivity index (χ2v) is 5.19. The molecule has 1 unspecified atom stereocenters. The molecule has 0 bridgehead atoms. The van der Waals surface area contributed by atoms with Gasteiger partial charge in [0.15, 0.2) is 5.56 Å². The second kappa shape index (κ2) is 7.78. The van der Waals surface area contributed by atoms with Crippen molar-refractivity contribution >= 4 is 5.91 Å². The van der Waals surface area contributed by atoms with Crippen molar-refractivity contribution in [1.29, 1.82) is 0 Å². The van der Waals surface area contributed by atoms with E-state index in [-0.39, 0.29) is 29.3 Å². The predicted molar refractivity (Wildman–Crippen MR) is 79.5 cm³/mol. The standard InChI is InChI=1S/C14H24N4O3/c1-9(2)10(15)6-7-18(3)14(19)11-12(20-4)16-8-17-13(11)21-5/h8-10H,6-7,15H2,1-5H3. The van der Waals surface area contributed by atoms with Crippen molar-refractivity contribution in [1.82, 2.24) is 14.9 Å². The molecule has 1 atom stereocenters. The van der Waals surface area contributed by atoms with Gasteiger partial charge in [-0.2, -0.15) is 0 Å². The van der Waals surface area contributed by atoms with E-state index in [4.69, 9.17) is 15.2 Å². The predicted octanol–water partition coefficient (Wildman–Crippen LogP) is 0.939. The fraction of sp³-hybridized carbons (Fsp3) is 0.643. The summed E-state index contributed by atoms with van der Waals surface area (Å²) in [6, 6.07) is 0.0519. The van der Waals surface area contributed by atoms with Crippen LogP contribution in [0.4, 0.5) is 0 Å². The fourth-order valence-electron chi connectivity index (χ4n) is 1.82. The van der Waals surface area contributed by atoms with Crippen LogP contribution in [0.2, 0.25) is 0 Å². The van der Waals surface area contributed by atoms with Crippen molar-refractivity contribution in [3.63, 3.8) is 0 Å². The molecule has 0 aliphatic heterocycles. The average molecular weight is 296 g/mol. The number of carbonyl (C=O) groups excluding carboxylic acids is 1. The Labute approximate surface area is 125 Å². The molecule has 21 heavy (non-hydrogen) atoms. The van der Waals surface area contributed by atoms with Crippen LogP contribution >= 0.6 is 0 Å². The van der Waals surface area contributed by atoms with Gasteiger partial charge >= 0.3 is 0 Å². The molecule has 1 rings (SSSR count). The highest BCUT2D eigenvalue weighted by molar-refractivity contribution is 5.98. The van der Waals surface area contributed by atoms with Crippen LogP contribution in [-0.2, 0) is 0 Å². The van der Waals surface area contributed by atoms with Crippen LogP contribution in [0.3, 0.4) is 0 Å². The summed E-state index contributed by atoms with van der Waals surface area (Å²) in [5.74, 6) is 0.525. The van der Waals surface area contributed by atoms with Crippen LogP contribution in [0.1, 0.15) is 30.6 Å². The van der Waals surface area contributed by atoms with Gasteiger partial charge in [-0.1, -0.05) is 13.8 Å². The van der Waals surface area contributed by atoms with Gasteiger partial charge in [0.1, 0.15) is 6.33 Å². The first-order valence-corrected chi connectivity index (χ1v) is 6.86. The zero-order valence-electron chi connectivity index (χ0n) is 13.3. The Morgan fingerprint density at radius 1 is 1.29 bits per heavy atom. The molecule has 0 aromatic carbocycles. The molecule has 118 valence electrons. The quantitative estimate of drug-likeness (QED) is 0.805. The lowest BCUT2D eigenvalue weighted by atomic mass is 10.0. The van der Waals surface area contributed by atoms with E-state index in [1.165, 1.54) is 20.5 Å². The topological polar surface area (TPSA) is 90.6 Å². The summed E-state index contributed by atoms with van der Waals surface area (Å²) in [7, 11) is 4.61. The summed E-state index contributed by atoms with van der Waals surface area (Å²) in [6.07, 6.45) is 2.02. The Morgan fingerprint density at radius 2 is 1.81 bits per heavy atom. The van der Waals surface area contributed by atoms with E-state index in [1.807, 2.05) is 0 Å². The molecule has 7 nitrogen and oxygen atoms in total. The van der Waals surface area contributed by atoms with Crippen LogP contribution in [0, 0.1) is 5.92 Å². The Bertz CT molecular complexity index is 457. The van der Waals surface area contributed by atoms with Crippen LogP contribution in [0.5, 0.6) is 11.8 Å². The number of ether oxygens (including phenoxy) is 2. The van der Waals surface area contributed by atoms with Crippen molar-refractivity contribution < 1.29 is 14.3 Å². The molecular weight excluding hydrogens is 272 g/mol. The lowest BCUT2D eigenvalue weighted by molar-refractivity contribution is 0.0780. The largest absolute Gasteiger partial charge is 0.480 e. The number of rotatable bonds is 7. The third-order valence-electron chi connectivity index (χ3n) is 3.38. The summed E-state index contributed by atoms with van der Waals surface area (Å²) < 4.78 is 10.2. The van der Waals surface area contributed by atoms with Crippen molar-refractivity contribution in [3.8, 4) is 11.8 Å². The second-order valence-electron chi connectivity index (χ2n) is 5.19. The lowest BCUT2D eigenvalue weighted by Crippen LogP contribution is -2.35. The number of methoxy groups -OCH3 is 2. The van der Waals surface area contributed by atoms with Gasteiger partial charge in [-0.25, -0.2) is 9.97 Å². The minimum atomic E-state index is -0.250. The van der Waals surface area contributed by atoms with Gasteiger partial charge < -0.3 is 20.1 Å². The number of hydrogen-bond acceptors (Lipinski definition) is 6. The molecule has 1 heterocycles. The summed E-state index contributed by atoms with van der Waals surface area (Å²) in [6.45, 7) is 4.66. The molecule has 0 aliphatic rings. The molecule has 2 N–H and O–H groups in total. The van der Waals surface area contributed by atoms with Gasteiger partial charge in [-0.05, 0) is 12.3 Å². The third kappa shape index (κ3) is 4.29. The van der Waals surface area contributed by atoms with Crippen molar-refractivity contribution in [2.45, 2.75) is 26.3 Å². The van der Waals surface area contributed by atoms with Gasteiger partial charge in [0.25, 0.3) is 5.91 Å². The highest BCUT2D eigenvalue weighted by atomic mass is 16.5. The van der Waals surface area contributed by atoms with Crippen LogP contribution in [0.25, 0.3) is 0 Å². The number of nitrogens with two attached hydrogens (primary N) is 1. The summed E-state index contributed by atoms with van der Waals surface area (Å²) in [5.41, 5.74) is 6.23. The van der Waals surface area contributed by atoms with Gasteiger partial charge in [-0.3, -0.25) is 4.79 Å². The molecule has 0 radical (unpaired) electrons. The first kappa shape index (κ1) is 17.2. The SMILES string of the molecule is COc1ncnc(OC)c1C(=O)N(C)CCC(N)C(C)C. The molecule has 0 aliphatic carbocycles. The highest BCUT2D eigenvalue weighted by Crippen LogP contribution is 2.24. The Hall–Kier alpha value is -1.89. The normalized spacial score (nSPS) is 12.1. The van der Waals surface area contributed by atoms with E-state index >= 15 is 0 Å². The summed E-state index contributed by atoms with van der Waals surface area (Å²) in [5, 5.41) is 0. The molecular formula is C14H24N4O3. The molecule has 1 aromatic heterocycles. The maximum Gasteiger partial charge on any atom is 0.264 e. The Morgan fingerprint density at radius 3 is 2.24 bits per heavy atom. The highest BCUT2D eigenvalue weighted by Gasteiger charge is 2.24. The average Bonchev–Trinajstić information content (AvgIpc) is 2.50. The van der Waals surface area contributed by atoms with Gasteiger partial charge in [0.05, 0.1) is 14.2 Å². The van der Waals surface area contributed by atoms with E-state index in [1.54, 1.807) is 11.9 Å². The molecule has 1 aromatic rings. The maximum atomic E-state index is 12.5. The first-order valence-electron chi connectivity index (χ1n) is 6.86. The molecule has 0 saturated heterocycles. The van der Waals surface area contributed by atoms with Crippen molar-refractivity contribution in [3.05, 3.63) is 11.9 Å². The van der Waals surface area contributed by atoms with E-state index < -0.39 is 0 Å². The Kier molecular flexibility index (Phi) is 6.36. The van der Waals surface area contributed by atoms with E-state index in [0.29, 0.717) is 12.5 Å². The third-order valence-corrected chi connectivity index (χ3v) is 3.38. The summed E-state index contributed by atoms with van der Waals surface area (Å²) >= 11 is 0. The zero-order valence-corrected chi connectivity index (χ0v) is 13.3. The van der Waals surface area contributed by atoms with Crippen LogP contribution < -0.4 is 15.2 Å². The molecule has 1 amide bonds. The van der Waals surface area contributed by atoms with Gasteiger partial charge in [0, 0.05) is 19.6 Å².